The van der Waals surface area contributed by atoms with Gasteiger partial charge in [-0.05, 0) is 25.1 Å². The molecular formula is C17H26N2O3. The van der Waals surface area contributed by atoms with Crippen molar-refractivity contribution in [2.45, 2.75) is 19.8 Å². The van der Waals surface area contributed by atoms with Gasteiger partial charge in [0, 0.05) is 37.8 Å². The maximum atomic E-state index is 12.7. The number of ether oxygens (including phenoxy) is 2. The van der Waals surface area contributed by atoms with Crippen molar-refractivity contribution in [2.75, 3.05) is 46.9 Å². The van der Waals surface area contributed by atoms with E-state index in [1.54, 1.807) is 32.4 Å². The van der Waals surface area contributed by atoms with E-state index < -0.39 is 0 Å². The largest absolute Gasteiger partial charge is 0.497 e. The Kier molecular flexibility index (Phi) is 6.07. The molecule has 1 heterocycles. The number of hydrogen-bond donors (Lipinski definition) is 0. The van der Waals surface area contributed by atoms with E-state index in [0.717, 1.165) is 32.7 Å². The molecule has 0 bridgehead atoms. The first kappa shape index (κ1) is 16.6. The minimum atomic E-state index is 0.0485. The van der Waals surface area contributed by atoms with Gasteiger partial charge in [-0.25, -0.2) is 0 Å². The normalized spacial score (nSPS) is 15.7. The van der Waals surface area contributed by atoms with E-state index in [9.17, 15) is 4.79 Å². The molecule has 1 fully saturated rings. The number of carbonyl (C=O) groups excluding carboxylic acids is 1. The molecule has 1 saturated heterocycles. The van der Waals surface area contributed by atoms with E-state index in [1.807, 2.05) is 4.90 Å². The Labute approximate surface area is 132 Å². The van der Waals surface area contributed by atoms with Gasteiger partial charge in [0.15, 0.2) is 0 Å². The lowest BCUT2D eigenvalue weighted by molar-refractivity contribution is 0.0635. The van der Waals surface area contributed by atoms with Crippen LogP contribution < -0.4 is 9.47 Å². The van der Waals surface area contributed by atoms with E-state index in [1.165, 1.54) is 12.8 Å². The molecule has 1 amide bonds. The molecule has 0 spiro atoms. The summed E-state index contributed by atoms with van der Waals surface area (Å²) in [5.74, 6) is 1.33. The number of carbonyl (C=O) groups is 1. The smallest absolute Gasteiger partial charge is 0.254 e. The summed E-state index contributed by atoms with van der Waals surface area (Å²) >= 11 is 0. The van der Waals surface area contributed by atoms with Crippen molar-refractivity contribution >= 4 is 5.91 Å². The monoisotopic (exact) mass is 306 g/mol. The van der Waals surface area contributed by atoms with Crippen molar-refractivity contribution in [3.05, 3.63) is 23.8 Å². The summed E-state index contributed by atoms with van der Waals surface area (Å²) in [5, 5.41) is 0. The fraction of sp³-hybridized carbons (Fsp3) is 0.588. The molecule has 5 heteroatoms. The Hall–Kier alpha value is -1.75. The number of methoxy groups -OCH3 is 2. The second-order valence-corrected chi connectivity index (χ2v) is 5.59. The van der Waals surface area contributed by atoms with Crippen LogP contribution in [0.25, 0.3) is 0 Å². The van der Waals surface area contributed by atoms with E-state index >= 15 is 0 Å². The van der Waals surface area contributed by atoms with Crippen molar-refractivity contribution in [2.24, 2.45) is 0 Å². The molecule has 5 nitrogen and oxygen atoms in total. The van der Waals surface area contributed by atoms with Crippen LogP contribution in [0.15, 0.2) is 18.2 Å². The van der Waals surface area contributed by atoms with Crippen LogP contribution in [0.5, 0.6) is 11.5 Å². The molecule has 122 valence electrons. The number of rotatable bonds is 6. The number of unbranched alkanes of at least 4 members (excludes halogenated alkanes) is 1. The average molecular weight is 306 g/mol. The molecule has 0 aromatic heterocycles. The first-order valence-corrected chi connectivity index (χ1v) is 7.92. The van der Waals surface area contributed by atoms with Gasteiger partial charge in [0.1, 0.15) is 11.5 Å². The van der Waals surface area contributed by atoms with E-state index in [2.05, 4.69) is 11.8 Å². The third-order valence-electron chi connectivity index (χ3n) is 4.09. The summed E-state index contributed by atoms with van der Waals surface area (Å²) in [6.45, 7) is 6.80. The topological polar surface area (TPSA) is 42.0 Å². The van der Waals surface area contributed by atoms with Gasteiger partial charge in [0.2, 0.25) is 0 Å². The predicted molar refractivity (Wildman–Crippen MR) is 86.8 cm³/mol. The van der Waals surface area contributed by atoms with Crippen molar-refractivity contribution < 1.29 is 14.3 Å². The number of amides is 1. The van der Waals surface area contributed by atoms with E-state index in [4.69, 9.17) is 9.47 Å². The van der Waals surface area contributed by atoms with Crippen LogP contribution in [0.1, 0.15) is 30.1 Å². The highest BCUT2D eigenvalue weighted by atomic mass is 16.5. The van der Waals surface area contributed by atoms with Gasteiger partial charge < -0.3 is 14.4 Å². The predicted octanol–water partition coefficient (Wildman–Crippen LogP) is 2.26. The van der Waals surface area contributed by atoms with Crippen molar-refractivity contribution in [1.82, 2.24) is 9.80 Å². The number of piperazine rings is 1. The summed E-state index contributed by atoms with van der Waals surface area (Å²) in [6, 6.07) is 5.32. The minimum Gasteiger partial charge on any atom is -0.497 e. The number of benzene rings is 1. The third-order valence-corrected chi connectivity index (χ3v) is 4.09. The fourth-order valence-electron chi connectivity index (χ4n) is 2.67. The summed E-state index contributed by atoms with van der Waals surface area (Å²) in [4.78, 5) is 17.0. The van der Waals surface area contributed by atoms with Gasteiger partial charge in [-0.1, -0.05) is 13.3 Å². The molecule has 1 aromatic rings. The Morgan fingerprint density at radius 3 is 2.14 bits per heavy atom. The average Bonchev–Trinajstić information content (AvgIpc) is 2.59. The van der Waals surface area contributed by atoms with Gasteiger partial charge in [0.25, 0.3) is 5.91 Å². The van der Waals surface area contributed by atoms with Crippen molar-refractivity contribution in [1.29, 1.82) is 0 Å². The zero-order valence-corrected chi connectivity index (χ0v) is 13.8. The Morgan fingerprint density at radius 2 is 1.64 bits per heavy atom. The summed E-state index contributed by atoms with van der Waals surface area (Å²) in [5.41, 5.74) is 0.623. The maximum absolute atomic E-state index is 12.7. The van der Waals surface area contributed by atoms with Gasteiger partial charge >= 0.3 is 0 Å². The standard InChI is InChI=1S/C17H26N2O3/c1-4-5-6-18-7-9-19(10-8-18)17(20)14-11-15(21-2)13-16(12-14)22-3/h11-13H,4-10H2,1-3H3. The molecular weight excluding hydrogens is 280 g/mol. The fourth-order valence-corrected chi connectivity index (χ4v) is 2.67. The van der Waals surface area contributed by atoms with Crippen molar-refractivity contribution in [3.8, 4) is 11.5 Å². The second-order valence-electron chi connectivity index (χ2n) is 5.59. The highest BCUT2D eigenvalue weighted by molar-refractivity contribution is 5.95. The van der Waals surface area contributed by atoms with Gasteiger partial charge in [-0.15, -0.1) is 0 Å². The lowest BCUT2D eigenvalue weighted by Crippen LogP contribution is -2.48. The molecule has 0 N–H and O–H groups in total. The molecule has 0 atom stereocenters. The van der Waals surface area contributed by atoms with Crippen LogP contribution in [-0.2, 0) is 0 Å². The Morgan fingerprint density at radius 1 is 1.05 bits per heavy atom. The summed E-state index contributed by atoms with van der Waals surface area (Å²) < 4.78 is 10.5. The zero-order chi connectivity index (χ0) is 15.9. The Balaban J connectivity index is 2.00. The molecule has 0 aliphatic carbocycles. The highest BCUT2D eigenvalue weighted by Crippen LogP contribution is 2.23. The van der Waals surface area contributed by atoms with Crippen molar-refractivity contribution in [3.63, 3.8) is 0 Å². The zero-order valence-electron chi connectivity index (χ0n) is 13.8. The van der Waals surface area contributed by atoms with Gasteiger partial charge in [0.05, 0.1) is 14.2 Å². The highest BCUT2D eigenvalue weighted by Gasteiger charge is 2.22. The van der Waals surface area contributed by atoms with Gasteiger partial charge in [-0.2, -0.15) is 0 Å². The van der Waals surface area contributed by atoms with Crippen LogP contribution in [0.3, 0.4) is 0 Å². The van der Waals surface area contributed by atoms with Crippen LogP contribution in [0.2, 0.25) is 0 Å². The minimum absolute atomic E-state index is 0.0485. The molecule has 0 radical (unpaired) electrons. The lowest BCUT2D eigenvalue weighted by Gasteiger charge is -2.34. The van der Waals surface area contributed by atoms with Crippen LogP contribution >= 0.6 is 0 Å². The third kappa shape index (κ3) is 4.13. The second kappa shape index (κ2) is 8.03. The van der Waals surface area contributed by atoms with Crippen LogP contribution in [0.4, 0.5) is 0 Å². The molecule has 22 heavy (non-hydrogen) atoms. The quantitative estimate of drug-likeness (QED) is 0.808. The molecule has 1 aliphatic rings. The molecule has 2 rings (SSSR count). The van der Waals surface area contributed by atoms with Crippen LogP contribution in [-0.4, -0.2) is 62.7 Å². The van der Waals surface area contributed by atoms with Gasteiger partial charge in [-0.3, -0.25) is 9.69 Å². The molecule has 0 saturated carbocycles. The molecule has 1 aliphatic heterocycles. The van der Waals surface area contributed by atoms with E-state index in [-0.39, 0.29) is 5.91 Å². The number of nitrogens with zero attached hydrogens (tertiary/aromatic N) is 2. The lowest BCUT2D eigenvalue weighted by atomic mass is 10.1. The molecule has 0 unspecified atom stereocenters. The SMILES string of the molecule is CCCCN1CCN(C(=O)c2cc(OC)cc(OC)c2)CC1. The van der Waals surface area contributed by atoms with Crippen LogP contribution in [0, 0.1) is 0 Å². The Bertz CT molecular complexity index is 474. The first-order valence-electron chi connectivity index (χ1n) is 7.92. The number of hydrogen-bond acceptors (Lipinski definition) is 4. The maximum Gasteiger partial charge on any atom is 0.254 e. The molecule has 1 aromatic carbocycles. The first-order chi connectivity index (χ1) is 10.7. The summed E-state index contributed by atoms with van der Waals surface area (Å²) in [6.07, 6.45) is 2.43. The summed E-state index contributed by atoms with van der Waals surface area (Å²) in [7, 11) is 3.19. The van der Waals surface area contributed by atoms with E-state index in [0.29, 0.717) is 17.1 Å².